The normalized spacial score (nSPS) is 10.3. The minimum atomic E-state index is -0.345. The summed E-state index contributed by atoms with van der Waals surface area (Å²) in [6.07, 6.45) is 2.46. The van der Waals surface area contributed by atoms with E-state index in [1.165, 1.54) is 29.5 Å². The standard InChI is InChI=1S/C11H11BrN2O2S2/c1-16-10(15)8-6-14-11(18-8)13-5-4-7-2-3-9(12)17-7/h2-3,6H,4-5H2,1H3,(H,13,14). The molecule has 0 bridgehead atoms. The first-order valence-corrected chi connectivity index (χ1v) is 7.64. The third kappa shape index (κ3) is 3.54. The van der Waals surface area contributed by atoms with E-state index in [9.17, 15) is 4.79 Å². The van der Waals surface area contributed by atoms with Gasteiger partial charge < -0.3 is 10.1 Å². The van der Waals surface area contributed by atoms with Crippen molar-refractivity contribution in [2.45, 2.75) is 6.42 Å². The molecule has 0 radical (unpaired) electrons. The number of halogens is 1. The fourth-order valence-corrected chi connectivity index (χ4v) is 3.57. The molecule has 0 amide bonds. The number of carbonyl (C=O) groups is 1. The van der Waals surface area contributed by atoms with Gasteiger partial charge in [0, 0.05) is 11.4 Å². The van der Waals surface area contributed by atoms with Gasteiger partial charge in [-0.2, -0.15) is 0 Å². The summed E-state index contributed by atoms with van der Waals surface area (Å²) in [6.45, 7) is 0.793. The van der Waals surface area contributed by atoms with Gasteiger partial charge in [-0.15, -0.1) is 11.3 Å². The van der Waals surface area contributed by atoms with Crippen LogP contribution in [0.1, 0.15) is 14.5 Å². The van der Waals surface area contributed by atoms with Crippen molar-refractivity contribution in [2.75, 3.05) is 19.0 Å². The molecule has 0 spiro atoms. The number of thiophene rings is 1. The summed E-state index contributed by atoms with van der Waals surface area (Å²) in [5.41, 5.74) is 0. The fourth-order valence-electron chi connectivity index (χ4n) is 1.33. The van der Waals surface area contributed by atoms with Crippen LogP contribution in [-0.4, -0.2) is 24.6 Å². The predicted octanol–water partition coefficient (Wildman–Crippen LogP) is 3.41. The highest BCUT2D eigenvalue weighted by molar-refractivity contribution is 9.11. The average molecular weight is 347 g/mol. The van der Waals surface area contributed by atoms with Crippen LogP contribution in [0.3, 0.4) is 0 Å². The van der Waals surface area contributed by atoms with Gasteiger partial charge in [0.15, 0.2) is 5.13 Å². The zero-order chi connectivity index (χ0) is 13.0. The Morgan fingerprint density at radius 3 is 3.00 bits per heavy atom. The van der Waals surface area contributed by atoms with Gasteiger partial charge in [-0.05, 0) is 34.5 Å². The molecule has 0 saturated carbocycles. The topological polar surface area (TPSA) is 51.2 Å². The Hall–Kier alpha value is -0.920. The van der Waals surface area contributed by atoms with Crippen LogP contribution in [-0.2, 0) is 11.2 Å². The Morgan fingerprint density at radius 2 is 2.33 bits per heavy atom. The van der Waals surface area contributed by atoms with Crippen molar-refractivity contribution >= 4 is 49.7 Å². The number of methoxy groups -OCH3 is 1. The molecule has 7 heteroatoms. The molecular formula is C11H11BrN2O2S2. The number of nitrogens with one attached hydrogen (secondary N) is 1. The van der Waals surface area contributed by atoms with Crippen LogP contribution in [0, 0.1) is 0 Å². The SMILES string of the molecule is COC(=O)c1cnc(NCCc2ccc(Br)s2)s1. The second-order valence-electron chi connectivity index (χ2n) is 3.40. The molecule has 2 heterocycles. The van der Waals surface area contributed by atoms with Crippen molar-refractivity contribution in [2.24, 2.45) is 0 Å². The average Bonchev–Trinajstić information content (AvgIpc) is 2.98. The van der Waals surface area contributed by atoms with E-state index in [1.54, 1.807) is 11.3 Å². The van der Waals surface area contributed by atoms with E-state index in [-0.39, 0.29) is 5.97 Å². The maximum Gasteiger partial charge on any atom is 0.349 e. The number of carbonyl (C=O) groups excluding carboxylic acids is 1. The van der Waals surface area contributed by atoms with E-state index in [0.717, 1.165) is 21.9 Å². The second-order valence-corrected chi connectivity index (χ2v) is 6.98. The van der Waals surface area contributed by atoms with E-state index >= 15 is 0 Å². The van der Waals surface area contributed by atoms with E-state index in [0.29, 0.717) is 4.88 Å². The fraction of sp³-hybridized carbons (Fsp3) is 0.273. The lowest BCUT2D eigenvalue weighted by Crippen LogP contribution is -2.03. The Kier molecular flexibility index (Phi) is 4.73. The Balaban J connectivity index is 1.83. The summed E-state index contributed by atoms with van der Waals surface area (Å²) in [4.78, 5) is 17.2. The molecule has 0 fully saturated rings. The number of thiazole rings is 1. The van der Waals surface area contributed by atoms with Gasteiger partial charge >= 0.3 is 5.97 Å². The van der Waals surface area contributed by atoms with Gasteiger partial charge in [0.1, 0.15) is 4.88 Å². The number of rotatable bonds is 5. The second kappa shape index (κ2) is 6.31. The van der Waals surface area contributed by atoms with Crippen molar-refractivity contribution in [3.8, 4) is 0 Å². The first-order chi connectivity index (χ1) is 8.69. The number of aromatic nitrogens is 1. The Bertz CT molecular complexity index is 539. The summed E-state index contributed by atoms with van der Waals surface area (Å²) < 4.78 is 5.76. The maximum absolute atomic E-state index is 11.2. The van der Waals surface area contributed by atoms with Gasteiger partial charge in [-0.1, -0.05) is 11.3 Å². The smallest absolute Gasteiger partial charge is 0.349 e. The zero-order valence-electron chi connectivity index (χ0n) is 9.60. The highest BCUT2D eigenvalue weighted by Crippen LogP contribution is 2.23. The molecule has 2 rings (SSSR count). The van der Waals surface area contributed by atoms with Crippen LogP contribution >= 0.6 is 38.6 Å². The number of hydrogen-bond donors (Lipinski definition) is 1. The Morgan fingerprint density at radius 1 is 1.50 bits per heavy atom. The number of anilines is 1. The molecule has 0 aliphatic rings. The minimum absolute atomic E-state index is 0.345. The van der Waals surface area contributed by atoms with Gasteiger partial charge in [0.2, 0.25) is 0 Å². The molecule has 0 saturated heterocycles. The lowest BCUT2D eigenvalue weighted by molar-refractivity contribution is 0.0606. The molecule has 18 heavy (non-hydrogen) atoms. The quantitative estimate of drug-likeness (QED) is 0.843. The van der Waals surface area contributed by atoms with Crippen molar-refractivity contribution in [3.63, 3.8) is 0 Å². The van der Waals surface area contributed by atoms with Crippen LogP contribution in [0.15, 0.2) is 22.1 Å². The first-order valence-electron chi connectivity index (χ1n) is 5.21. The van der Waals surface area contributed by atoms with Gasteiger partial charge in [-0.25, -0.2) is 9.78 Å². The third-order valence-corrected chi connectivity index (χ3v) is 4.79. The van der Waals surface area contributed by atoms with Gasteiger partial charge in [-0.3, -0.25) is 0 Å². The molecule has 2 aromatic rings. The molecule has 0 atom stereocenters. The van der Waals surface area contributed by atoms with Crippen LogP contribution in [0.4, 0.5) is 5.13 Å². The lowest BCUT2D eigenvalue weighted by Gasteiger charge is -1.99. The van der Waals surface area contributed by atoms with Crippen LogP contribution in [0.25, 0.3) is 0 Å². The minimum Gasteiger partial charge on any atom is -0.465 e. The molecule has 2 aromatic heterocycles. The molecule has 0 aromatic carbocycles. The summed E-state index contributed by atoms with van der Waals surface area (Å²) in [5.74, 6) is -0.345. The van der Waals surface area contributed by atoms with Crippen LogP contribution in [0.2, 0.25) is 0 Å². The monoisotopic (exact) mass is 346 g/mol. The largest absolute Gasteiger partial charge is 0.465 e. The molecule has 4 nitrogen and oxygen atoms in total. The van der Waals surface area contributed by atoms with E-state index in [4.69, 9.17) is 0 Å². The van der Waals surface area contributed by atoms with E-state index in [2.05, 4.69) is 37.0 Å². The van der Waals surface area contributed by atoms with Crippen LogP contribution < -0.4 is 5.32 Å². The van der Waals surface area contributed by atoms with E-state index in [1.807, 2.05) is 6.07 Å². The van der Waals surface area contributed by atoms with Crippen LogP contribution in [0.5, 0.6) is 0 Å². The first kappa shape index (κ1) is 13.5. The summed E-state index contributed by atoms with van der Waals surface area (Å²) in [7, 11) is 1.36. The number of ether oxygens (including phenoxy) is 1. The number of hydrogen-bond acceptors (Lipinski definition) is 6. The zero-order valence-corrected chi connectivity index (χ0v) is 12.8. The van der Waals surface area contributed by atoms with E-state index < -0.39 is 0 Å². The highest BCUT2D eigenvalue weighted by Gasteiger charge is 2.09. The summed E-state index contributed by atoms with van der Waals surface area (Å²) in [5, 5.41) is 3.93. The van der Waals surface area contributed by atoms with Crippen molar-refractivity contribution in [1.82, 2.24) is 4.98 Å². The maximum atomic E-state index is 11.2. The number of nitrogens with zero attached hydrogens (tertiary/aromatic N) is 1. The predicted molar refractivity (Wildman–Crippen MR) is 77.7 cm³/mol. The van der Waals surface area contributed by atoms with Gasteiger partial charge in [0.25, 0.3) is 0 Å². The molecule has 96 valence electrons. The summed E-state index contributed by atoms with van der Waals surface area (Å²) in [6, 6.07) is 4.14. The van der Waals surface area contributed by atoms with Crippen molar-refractivity contribution in [1.29, 1.82) is 0 Å². The van der Waals surface area contributed by atoms with Crippen molar-refractivity contribution < 1.29 is 9.53 Å². The summed E-state index contributed by atoms with van der Waals surface area (Å²) >= 11 is 6.46. The molecular weight excluding hydrogens is 336 g/mol. The molecule has 1 N–H and O–H groups in total. The molecule has 0 aliphatic carbocycles. The van der Waals surface area contributed by atoms with Gasteiger partial charge in [0.05, 0.1) is 17.1 Å². The number of esters is 1. The lowest BCUT2D eigenvalue weighted by atomic mass is 10.3. The van der Waals surface area contributed by atoms with Crippen molar-refractivity contribution in [3.05, 3.63) is 31.9 Å². The Labute approximate surface area is 121 Å². The third-order valence-electron chi connectivity index (χ3n) is 2.17. The highest BCUT2D eigenvalue weighted by atomic mass is 79.9. The molecule has 0 unspecified atom stereocenters. The molecule has 0 aliphatic heterocycles.